The van der Waals surface area contributed by atoms with Crippen LogP contribution in [0.2, 0.25) is 0 Å². The van der Waals surface area contributed by atoms with Gasteiger partial charge in [-0.3, -0.25) is 4.90 Å². The lowest BCUT2D eigenvalue weighted by Gasteiger charge is -2.36. The highest BCUT2D eigenvalue weighted by Crippen LogP contribution is 2.40. The average molecular weight is 567 g/mol. The number of aromatic nitrogens is 4. The highest BCUT2D eigenvalue weighted by atomic mass is 16.6. The Kier molecular flexibility index (Phi) is 7.01. The Bertz CT molecular complexity index is 1640. The highest BCUT2D eigenvalue weighted by molar-refractivity contribution is 6.05. The van der Waals surface area contributed by atoms with Crippen LogP contribution in [0.5, 0.6) is 0 Å². The Morgan fingerprint density at radius 2 is 1.90 bits per heavy atom. The maximum absolute atomic E-state index is 13.8. The zero-order chi connectivity index (χ0) is 29.4. The quantitative estimate of drug-likeness (QED) is 0.337. The van der Waals surface area contributed by atoms with E-state index in [1.54, 1.807) is 15.8 Å². The van der Waals surface area contributed by atoms with Crippen LogP contribution < -0.4 is 20.4 Å². The zero-order valence-corrected chi connectivity index (χ0v) is 24.2. The molecule has 11 nitrogen and oxygen atoms in total. The van der Waals surface area contributed by atoms with Gasteiger partial charge in [-0.1, -0.05) is 35.0 Å². The SMILES string of the molecule is Cc1cccc(-c2ccc3c(n2)N(C(=O)Nc2cccc(-n4nncc4CNC(=O)OC(C)(C)C)c2)[C@H]2CCN3C2)c1. The number of pyridine rings is 1. The predicted octanol–water partition coefficient (Wildman–Crippen LogP) is 5.29. The first kappa shape index (κ1) is 27.3. The molecule has 6 rings (SSSR count). The number of nitrogens with zero attached hydrogens (tertiary/aromatic N) is 6. The fourth-order valence-corrected chi connectivity index (χ4v) is 5.41. The van der Waals surface area contributed by atoms with E-state index in [-0.39, 0.29) is 18.6 Å². The molecule has 2 N–H and O–H groups in total. The molecule has 2 aromatic carbocycles. The topological polar surface area (TPSA) is 118 Å². The van der Waals surface area contributed by atoms with Crippen LogP contribution in [-0.4, -0.2) is 56.8 Å². The minimum atomic E-state index is -0.599. The van der Waals surface area contributed by atoms with Gasteiger partial charge in [0.25, 0.3) is 0 Å². The smallest absolute Gasteiger partial charge is 0.407 e. The van der Waals surface area contributed by atoms with Gasteiger partial charge >= 0.3 is 12.1 Å². The van der Waals surface area contributed by atoms with Gasteiger partial charge in [-0.25, -0.2) is 19.3 Å². The third-order valence-electron chi connectivity index (χ3n) is 7.26. The molecular formula is C31H34N8O3. The fourth-order valence-electron chi connectivity index (χ4n) is 5.41. The van der Waals surface area contributed by atoms with Crippen LogP contribution in [0.4, 0.5) is 26.8 Å². The van der Waals surface area contributed by atoms with Crippen LogP contribution in [0.15, 0.2) is 66.9 Å². The second-order valence-corrected chi connectivity index (χ2v) is 11.6. The molecule has 2 aromatic heterocycles. The number of rotatable bonds is 5. The number of ether oxygens (including phenoxy) is 1. The molecule has 1 saturated heterocycles. The van der Waals surface area contributed by atoms with E-state index in [2.05, 4.69) is 51.0 Å². The molecule has 0 saturated carbocycles. The number of anilines is 3. The molecule has 216 valence electrons. The van der Waals surface area contributed by atoms with Crippen molar-refractivity contribution in [2.75, 3.05) is 28.2 Å². The van der Waals surface area contributed by atoms with Crippen molar-refractivity contribution in [1.82, 2.24) is 25.3 Å². The standard InChI is InChI=1S/C31H34N8O3/c1-20-7-5-8-21(15-20)26-11-12-27-28(35-26)38(24-13-14-37(27)19-24)29(40)34-22-9-6-10-23(16-22)39-25(18-33-36-39)17-32-30(41)42-31(2,3)4/h5-12,15-16,18,24H,13-14,17,19H2,1-4H3,(H,32,41)(H,34,40)/t24-/m0/s1. The van der Waals surface area contributed by atoms with E-state index < -0.39 is 11.7 Å². The number of benzene rings is 2. The van der Waals surface area contributed by atoms with E-state index in [1.807, 2.05) is 63.2 Å². The molecule has 4 aromatic rings. The lowest BCUT2D eigenvalue weighted by atomic mass is 10.1. The number of carbonyl (C=O) groups is 2. The van der Waals surface area contributed by atoms with E-state index >= 15 is 0 Å². The minimum absolute atomic E-state index is 0.0294. The second kappa shape index (κ2) is 10.8. The fraction of sp³-hybridized carbons (Fsp3) is 0.323. The zero-order valence-electron chi connectivity index (χ0n) is 24.2. The molecule has 0 radical (unpaired) electrons. The van der Waals surface area contributed by atoms with E-state index in [0.717, 1.165) is 42.0 Å². The Hall–Kier alpha value is -4.93. The summed E-state index contributed by atoms with van der Waals surface area (Å²) in [5.41, 5.74) is 5.33. The number of hydrogen-bond donors (Lipinski definition) is 2. The predicted molar refractivity (Wildman–Crippen MR) is 161 cm³/mol. The Labute approximate surface area is 244 Å². The number of urea groups is 1. The van der Waals surface area contributed by atoms with Crippen LogP contribution in [0, 0.1) is 6.92 Å². The number of aryl methyl sites for hydroxylation is 1. The lowest BCUT2D eigenvalue weighted by Crippen LogP contribution is -2.48. The molecule has 1 atom stereocenters. The van der Waals surface area contributed by atoms with Crippen molar-refractivity contribution < 1.29 is 14.3 Å². The first-order valence-electron chi connectivity index (χ1n) is 14.0. The van der Waals surface area contributed by atoms with Crippen molar-refractivity contribution in [3.63, 3.8) is 0 Å². The third kappa shape index (κ3) is 5.63. The number of hydrogen-bond acceptors (Lipinski definition) is 7. The molecule has 0 spiro atoms. The van der Waals surface area contributed by atoms with Crippen molar-refractivity contribution in [2.45, 2.75) is 52.3 Å². The summed E-state index contributed by atoms with van der Waals surface area (Å²) in [4.78, 5) is 35.1. The van der Waals surface area contributed by atoms with E-state index in [0.29, 0.717) is 22.9 Å². The second-order valence-electron chi connectivity index (χ2n) is 11.6. The highest BCUT2D eigenvalue weighted by Gasteiger charge is 2.40. The van der Waals surface area contributed by atoms with Gasteiger partial charge in [0.15, 0.2) is 5.82 Å². The monoisotopic (exact) mass is 566 g/mol. The van der Waals surface area contributed by atoms with Gasteiger partial charge in [-0.05, 0) is 70.5 Å². The number of carbonyl (C=O) groups excluding carboxylic acids is 2. The van der Waals surface area contributed by atoms with Gasteiger partial charge in [0.2, 0.25) is 0 Å². The molecule has 3 amide bonds. The summed E-state index contributed by atoms with van der Waals surface area (Å²) in [6, 6.07) is 19.5. The van der Waals surface area contributed by atoms with E-state index in [9.17, 15) is 9.59 Å². The normalized spacial score (nSPS) is 15.8. The van der Waals surface area contributed by atoms with Gasteiger partial charge in [0, 0.05) is 24.3 Å². The summed E-state index contributed by atoms with van der Waals surface area (Å²) in [5, 5.41) is 14.0. The lowest BCUT2D eigenvalue weighted by molar-refractivity contribution is 0.0522. The molecule has 0 aliphatic carbocycles. The van der Waals surface area contributed by atoms with Crippen molar-refractivity contribution in [3.05, 3.63) is 78.1 Å². The minimum Gasteiger partial charge on any atom is -0.444 e. The van der Waals surface area contributed by atoms with Gasteiger partial charge in [-0.15, -0.1) is 5.10 Å². The van der Waals surface area contributed by atoms with Crippen molar-refractivity contribution in [1.29, 1.82) is 0 Å². The van der Waals surface area contributed by atoms with Crippen LogP contribution in [-0.2, 0) is 11.3 Å². The van der Waals surface area contributed by atoms with Crippen LogP contribution in [0.25, 0.3) is 16.9 Å². The molecule has 42 heavy (non-hydrogen) atoms. The van der Waals surface area contributed by atoms with E-state index in [1.165, 1.54) is 0 Å². The van der Waals surface area contributed by atoms with Crippen molar-refractivity contribution >= 4 is 29.3 Å². The summed E-state index contributed by atoms with van der Waals surface area (Å²) in [6.07, 6.45) is 1.93. The van der Waals surface area contributed by atoms with Crippen LogP contribution >= 0.6 is 0 Å². The molecule has 0 unspecified atom stereocenters. The molecule has 1 fully saturated rings. The Balaban J connectivity index is 1.22. The number of amides is 3. The Morgan fingerprint density at radius 1 is 1.07 bits per heavy atom. The van der Waals surface area contributed by atoms with Crippen molar-refractivity contribution in [3.8, 4) is 16.9 Å². The summed E-state index contributed by atoms with van der Waals surface area (Å²) < 4.78 is 6.94. The first-order valence-corrected chi connectivity index (χ1v) is 14.0. The summed E-state index contributed by atoms with van der Waals surface area (Å²) >= 11 is 0. The maximum Gasteiger partial charge on any atom is 0.407 e. The van der Waals surface area contributed by atoms with Crippen molar-refractivity contribution in [2.24, 2.45) is 0 Å². The molecule has 2 bridgehead atoms. The maximum atomic E-state index is 13.8. The third-order valence-corrected chi connectivity index (χ3v) is 7.26. The van der Waals surface area contributed by atoms with Gasteiger partial charge < -0.3 is 20.3 Å². The van der Waals surface area contributed by atoms with Crippen LogP contribution in [0.1, 0.15) is 38.4 Å². The average Bonchev–Trinajstić information content (AvgIpc) is 3.59. The molecular weight excluding hydrogens is 532 g/mol. The largest absolute Gasteiger partial charge is 0.444 e. The van der Waals surface area contributed by atoms with Gasteiger partial charge in [0.1, 0.15) is 5.60 Å². The first-order chi connectivity index (χ1) is 20.1. The molecule has 11 heteroatoms. The van der Waals surface area contributed by atoms with Gasteiger partial charge in [0.05, 0.1) is 41.5 Å². The van der Waals surface area contributed by atoms with E-state index in [4.69, 9.17) is 9.72 Å². The molecule has 4 heterocycles. The van der Waals surface area contributed by atoms with Gasteiger partial charge in [-0.2, -0.15) is 0 Å². The summed E-state index contributed by atoms with van der Waals surface area (Å²) in [5.74, 6) is 0.670. The van der Waals surface area contributed by atoms with Crippen LogP contribution in [0.3, 0.4) is 0 Å². The number of nitrogens with one attached hydrogen (secondary N) is 2. The molecule has 2 aliphatic rings. The summed E-state index contributed by atoms with van der Waals surface area (Å²) in [7, 11) is 0. The molecule has 2 aliphatic heterocycles. The Morgan fingerprint density at radius 3 is 2.71 bits per heavy atom. The summed E-state index contributed by atoms with van der Waals surface area (Å²) in [6.45, 7) is 9.32. The number of alkyl carbamates (subject to hydrolysis) is 1. The number of fused-ring (bicyclic) bond motifs is 4.